The molecule has 180 valence electrons. The highest BCUT2D eigenvalue weighted by molar-refractivity contribution is 5.99. The van der Waals surface area contributed by atoms with Crippen LogP contribution in [0, 0.1) is 6.92 Å². The fraction of sp³-hybridized carbons (Fsp3) is 0.300. The van der Waals surface area contributed by atoms with E-state index in [0.717, 1.165) is 47.2 Å². The van der Waals surface area contributed by atoms with Crippen LogP contribution in [0.4, 0.5) is 0 Å². The van der Waals surface area contributed by atoms with Crippen LogP contribution >= 0.6 is 0 Å². The molecule has 4 nitrogen and oxygen atoms in total. The average molecular weight is 460 g/mol. The highest BCUT2D eigenvalue weighted by atomic mass is 16.2. The summed E-state index contributed by atoms with van der Waals surface area (Å²) < 4.78 is 0. The number of aliphatic hydroxyl groups excluding tert-OH is 1. The maximum absolute atomic E-state index is 12.4. The van der Waals surface area contributed by atoms with Crippen molar-refractivity contribution in [2.24, 2.45) is 0 Å². The van der Waals surface area contributed by atoms with Gasteiger partial charge in [0.25, 0.3) is 0 Å². The molecular weight excluding hydrogens is 422 g/mol. The lowest BCUT2D eigenvalue weighted by atomic mass is 9.91. The van der Waals surface area contributed by atoms with Crippen LogP contribution in [0.5, 0.6) is 0 Å². The van der Waals surface area contributed by atoms with E-state index in [4.69, 9.17) is 10.1 Å². The lowest BCUT2D eigenvalue weighted by molar-refractivity contribution is -0.116. The number of hydrogen-bond acceptors (Lipinski definition) is 4. The Labute approximate surface area is 204 Å². The zero-order valence-electron chi connectivity index (χ0n) is 21.5. The molecule has 0 aliphatic rings. The number of benzene rings is 2. The molecule has 0 saturated heterocycles. The predicted molar refractivity (Wildman–Crippen MR) is 143 cm³/mol. The van der Waals surface area contributed by atoms with E-state index in [1.807, 2.05) is 51.1 Å². The lowest BCUT2D eigenvalue weighted by Crippen LogP contribution is -2.09. The highest BCUT2D eigenvalue weighted by Crippen LogP contribution is 2.31. The van der Waals surface area contributed by atoms with Gasteiger partial charge >= 0.3 is 0 Å². The van der Waals surface area contributed by atoms with Gasteiger partial charge in [0.1, 0.15) is 5.78 Å². The molecule has 34 heavy (non-hydrogen) atoms. The van der Waals surface area contributed by atoms with Crippen LogP contribution in [-0.2, 0) is 11.2 Å². The maximum Gasteiger partial charge on any atom is 0.160 e. The van der Waals surface area contributed by atoms with Crippen LogP contribution in [0.1, 0.15) is 68.2 Å². The van der Waals surface area contributed by atoms with E-state index in [-0.39, 0.29) is 11.6 Å². The van der Waals surface area contributed by atoms with E-state index >= 15 is 0 Å². The number of carbonyl (C=O) groups is 2. The normalized spacial score (nSPS) is 10.1. The molecule has 0 fully saturated rings. The van der Waals surface area contributed by atoms with E-state index in [9.17, 15) is 9.59 Å². The van der Waals surface area contributed by atoms with Gasteiger partial charge in [-0.25, -0.2) is 4.98 Å². The molecule has 0 aliphatic carbocycles. The van der Waals surface area contributed by atoms with Gasteiger partial charge in [0.2, 0.25) is 0 Å². The van der Waals surface area contributed by atoms with Gasteiger partial charge in [-0.1, -0.05) is 74.5 Å². The monoisotopic (exact) mass is 459 g/mol. The molecule has 3 aromatic rings. The van der Waals surface area contributed by atoms with Crippen LogP contribution in [0.3, 0.4) is 0 Å². The third kappa shape index (κ3) is 7.60. The largest absolute Gasteiger partial charge is 0.400 e. The number of ketones is 2. The van der Waals surface area contributed by atoms with E-state index in [0.29, 0.717) is 6.42 Å². The Hall–Kier alpha value is -3.37. The Balaban J connectivity index is 0.000000733. The highest BCUT2D eigenvalue weighted by Gasteiger charge is 2.19. The topological polar surface area (TPSA) is 67.3 Å². The molecule has 1 aromatic heterocycles. The number of hydrogen-bond donors (Lipinski definition) is 1. The first-order valence-corrected chi connectivity index (χ1v) is 11.6. The summed E-state index contributed by atoms with van der Waals surface area (Å²) in [4.78, 5) is 27.1. The minimum absolute atomic E-state index is 0.0969. The molecule has 0 radical (unpaired) electrons. The van der Waals surface area contributed by atoms with Crippen molar-refractivity contribution in [3.8, 4) is 22.4 Å². The van der Waals surface area contributed by atoms with Gasteiger partial charge < -0.3 is 9.90 Å². The summed E-state index contributed by atoms with van der Waals surface area (Å²) in [6, 6.07) is 18.8. The first-order valence-electron chi connectivity index (χ1n) is 11.6. The van der Waals surface area contributed by atoms with Gasteiger partial charge in [0, 0.05) is 24.7 Å². The third-order valence-corrected chi connectivity index (χ3v) is 5.37. The molecule has 1 heterocycles. The lowest BCUT2D eigenvalue weighted by Gasteiger charge is -2.17. The van der Waals surface area contributed by atoms with Crippen molar-refractivity contribution in [2.75, 3.05) is 7.11 Å². The molecule has 0 bridgehead atoms. The number of allylic oxidation sites excluding steroid dienone is 1. The molecule has 1 N–H and O–H groups in total. The fourth-order valence-electron chi connectivity index (χ4n) is 3.58. The van der Waals surface area contributed by atoms with Gasteiger partial charge in [0.15, 0.2) is 5.78 Å². The van der Waals surface area contributed by atoms with Crippen molar-refractivity contribution in [3.63, 3.8) is 0 Å². The van der Waals surface area contributed by atoms with E-state index in [2.05, 4.69) is 43.3 Å². The van der Waals surface area contributed by atoms with Crippen LogP contribution in [0.15, 0.2) is 60.7 Å². The zero-order valence-corrected chi connectivity index (χ0v) is 21.5. The Bertz CT molecular complexity index is 1100. The minimum Gasteiger partial charge on any atom is -0.400 e. The maximum atomic E-state index is 12.4. The van der Waals surface area contributed by atoms with Gasteiger partial charge in [-0.3, -0.25) is 4.79 Å². The second kappa shape index (κ2) is 14.7. The summed E-state index contributed by atoms with van der Waals surface area (Å²) in [7, 11) is 1.00. The average Bonchev–Trinajstić information content (AvgIpc) is 2.87. The number of aliphatic hydroxyl groups is 1. The molecule has 0 aliphatic heterocycles. The summed E-state index contributed by atoms with van der Waals surface area (Å²) in [5, 5.41) is 7.00. The van der Waals surface area contributed by atoms with Crippen molar-refractivity contribution in [2.45, 2.75) is 54.4 Å². The molecule has 0 unspecified atom stereocenters. The molecule has 0 amide bonds. The molecule has 0 spiro atoms. The van der Waals surface area contributed by atoms with Gasteiger partial charge in [0.05, 0.1) is 11.4 Å². The Morgan fingerprint density at radius 3 is 1.82 bits per heavy atom. The van der Waals surface area contributed by atoms with Crippen molar-refractivity contribution in [3.05, 3.63) is 83.1 Å². The van der Waals surface area contributed by atoms with Gasteiger partial charge in [-0.15, -0.1) is 0 Å². The van der Waals surface area contributed by atoms with Crippen molar-refractivity contribution in [1.82, 2.24) is 4.98 Å². The van der Waals surface area contributed by atoms with Crippen molar-refractivity contribution in [1.29, 1.82) is 0 Å². The molecule has 3 rings (SSSR count). The van der Waals surface area contributed by atoms with Crippen LogP contribution < -0.4 is 0 Å². The van der Waals surface area contributed by atoms with Crippen molar-refractivity contribution >= 4 is 17.6 Å². The van der Waals surface area contributed by atoms with E-state index < -0.39 is 0 Å². The second-order valence-electron chi connectivity index (χ2n) is 7.73. The van der Waals surface area contributed by atoms with Gasteiger partial charge in [-0.2, -0.15) is 0 Å². The number of carbonyl (C=O) groups excluding carboxylic acids is 2. The number of Topliss-reactive ketones (excluding diaryl/α,β-unsaturated/α-hetero) is 2. The van der Waals surface area contributed by atoms with Crippen LogP contribution in [-0.4, -0.2) is 28.8 Å². The number of nitrogens with zero attached hydrogens (tertiary/aromatic N) is 1. The van der Waals surface area contributed by atoms with E-state index in [1.165, 1.54) is 11.1 Å². The minimum atomic E-state index is 0.0969. The van der Waals surface area contributed by atoms with Crippen LogP contribution in [0.2, 0.25) is 0 Å². The summed E-state index contributed by atoms with van der Waals surface area (Å²) in [5.74, 6) is 0.352. The molecule has 4 heteroatoms. The second-order valence-corrected chi connectivity index (χ2v) is 7.73. The first kappa shape index (κ1) is 28.7. The zero-order chi connectivity index (χ0) is 25.7. The number of pyridine rings is 1. The fourth-order valence-corrected chi connectivity index (χ4v) is 3.58. The SMILES string of the molecule is C/C=C\c1nc(-c2ccc(-c3ccccc3)cc2)c(CC)c(C(C)=O)c1C.CCC(C)=O.CO. The summed E-state index contributed by atoms with van der Waals surface area (Å²) in [6.07, 6.45) is 5.38. The summed E-state index contributed by atoms with van der Waals surface area (Å²) in [5.41, 5.74) is 7.97. The molecule has 0 saturated carbocycles. The third-order valence-electron chi connectivity index (χ3n) is 5.37. The predicted octanol–water partition coefficient (Wildman–Crippen LogP) is 7.12. The van der Waals surface area contributed by atoms with Crippen molar-refractivity contribution < 1.29 is 14.7 Å². The summed E-state index contributed by atoms with van der Waals surface area (Å²) in [6.45, 7) is 11.1. The summed E-state index contributed by atoms with van der Waals surface area (Å²) >= 11 is 0. The smallest absolute Gasteiger partial charge is 0.160 e. The Morgan fingerprint density at radius 2 is 1.38 bits per heavy atom. The van der Waals surface area contributed by atoms with Gasteiger partial charge in [-0.05, 0) is 62.4 Å². The Morgan fingerprint density at radius 1 is 0.882 bits per heavy atom. The molecule has 0 atom stereocenters. The number of aromatic nitrogens is 1. The number of rotatable bonds is 6. The first-order chi connectivity index (χ1) is 16.3. The molecular formula is C30H37NO3. The Kier molecular flexibility index (Phi) is 12.4. The van der Waals surface area contributed by atoms with Crippen LogP contribution in [0.25, 0.3) is 28.5 Å². The van der Waals surface area contributed by atoms with E-state index in [1.54, 1.807) is 13.8 Å². The molecule has 2 aromatic carbocycles. The standard InChI is InChI=1S/C25H25NO.C4H8O.CH4O/c1-5-10-23-17(3)24(18(4)27)22(6-2)25(26-23)21-15-13-20(14-16-21)19-11-8-7-9-12-19;1-3-4(2)5;1-2/h5,7-16H,6H2,1-4H3;3H2,1-2H3;2H,1H3/b10-5-;;. The quantitative estimate of drug-likeness (QED) is 0.399.